The fourth-order valence-electron chi connectivity index (χ4n) is 3.00. The third-order valence-electron chi connectivity index (χ3n) is 4.42. The molecule has 0 aliphatic carbocycles. The van der Waals surface area contributed by atoms with E-state index < -0.39 is 5.82 Å². The summed E-state index contributed by atoms with van der Waals surface area (Å²) < 4.78 is 20.7. The first-order valence-electron chi connectivity index (χ1n) is 9.40. The van der Waals surface area contributed by atoms with Gasteiger partial charge in [0, 0.05) is 11.3 Å². The average molecular weight is 457 g/mol. The summed E-state index contributed by atoms with van der Waals surface area (Å²) >= 11 is 7.02. The molecule has 6 nitrogen and oxygen atoms in total. The minimum atomic E-state index is -0.538. The van der Waals surface area contributed by atoms with E-state index in [9.17, 15) is 9.18 Å². The van der Waals surface area contributed by atoms with Crippen molar-refractivity contribution in [2.24, 2.45) is 0 Å². The van der Waals surface area contributed by atoms with Gasteiger partial charge in [0.1, 0.15) is 11.6 Å². The highest BCUT2D eigenvalue weighted by atomic mass is 35.5. The van der Waals surface area contributed by atoms with Gasteiger partial charge in [-0.2, -0.15) is 0 Å². The predicted octanol–water partition coefficient (Wildman–Crippen LogP) is 5.42. The van der Waals surface area contributed by atoms with Crippen molar-refractivity contribution in [3.8, 4) is 11.4 Å². The number of thioether (sulfide) groups is 1. The van der Waals surface area contributed by atoms with Crippen LogP contribution < -0.4 is 5.32 Å². The number of anilines is 1. The minimum absolute atomic E-state index is 0.0496. The van der Waals surface area contributed by atoms with Gasteiger partial charge in [-0.25, -0.2) is 4.39 Å². The van der Waals surface area contributed by atoms with Crippen LogP contribution in [0.5, 0.6) is 0 Å². The van der Waals surface area contributed by atoms with E-state index in [-0.39, 0.29) is 16.7 Å². The van der Waals surface area contributed by atoms with Gasteiger partial charge in [0.15, 0.2) is 11.0 Å². The summed E-state index contributed by atoms with van der Waals surface area (Å²) in [5.41, 5.74) is 2.46. The van der Waals surface area contributed by atoms with Crippen LogP contribution >= 0.6 is 23.4 Å². The van der Waals surface area contributed by atoms with E-state index in [1.54, 1.807) is 6.26 Å². The Morgan fingerprint density at radius 3 is 2.81 bits per heavy atom. The van der Waals surface area contributed by atoms with Crippen LogP contribution in [0.1, 0.15) is 11.3 Å². The van der Waals surface area contributed by atoms with E-state index in [4.69, 9.17) is 16.0 Å². The minimum Gasteiger partial charge on any atom is -0.467 e. The van der Waals surface area contributed by atoms with E-state index in [1.165, 1.54) is 30.0 Å². The van der Waals surface area contributed by atoms with Gasteiger partial charge in [0.05, 0.1) is 23.6 Å². The van der Waals surface area contributed by atoms with Crippen molar-refractivity contribution >= 4 is 35.0 Å². The van der Waals surface area contributed by atoms with Crippen molar-refractivity contribution in [3.05, 3.63) is 83.0 Å². The first-order valence-corrected chi connectivity index (χ1v) is 10.8. The summed E-state index contributed by atoms with van der Waals surface area (Å²) in [6.45, 7) is 2.44. The number of hydrogen-bond donors (Lipinski definition) is 1. The van der Waals surface area contributed by atoms with Crippen LogP contribution in [0.3, 0.4) is 0 Å². The smallest absolute Gasteiger partial charge is 0.234 e. The zero-order valence-electron chi connectivity index (χ0n) is 16.5. The lowest BCUT2D eigenvalue weighted by Crippen LogP contribution is -2.15. The van der Waals surface area contributed by atoms with Gasteiger partial charge in [-0.1, -0.05) is 47.1 Å². The topological polar surface area (TPSA) is 73.0 Å². The molecule has 0 atom stereocenters. The lowest BCUT2D eigenvalue weighted by atomic mass is 10.1. The molecule has 0 spiro atoms. The second-order valence-corrected chi connectivity index (χ2v) is 8.16. The Bertz CT molecular complexity index is 1210. The van der Waals surface area contributed by atoms with E-state index >= 15 is 0 Å². The highest BCUT2D eigenvalue weighted by molar-refractivity contribution is 7.99. The Morgan fingerprint density at radius 2 is 2.06 bits per heavy atom. The van der Waals surface area contributed by atoms with Crippen LogP contribution in [-0.2, 0) is 11.3 Å². The van der Waals surface area contributed by atoms with Crippen LogP contribution in [0.25, 0.3) is 11.4 Å². The van der Waals surface area contributed by atoms with Gasteiger partial charge in [0.25, 0.3) is 0 Å². The Morgan fingerprint density at radius 1 is 1.19 bits per heavy atom. The van der Waals surface area contributed by atoms with E-state index in [0.29, 0.717) is 23.2 Å². The normalized spacial score (nSPS) is 10.9. The van der Waals surface area contributed by atoms with E-state index in [0.717, 1.165) is 16.9 Å². The lowest BCUT2D eigenvalue weighted by Gasteiger charge is -2.10. The van der Waals surface area contributed by atoms with Crippen LogP contribution in [0.15, 0.2) is 70.4 Å². The van der Waals surface area contributed by atoms with Crippen molar-refractivity contribution in [3.63, 3.8) is 0 Å². The molecule has 158 valence electrons. The number of benzene rings is 2. The molecule has 0 unspecified atom stereocenters. The van der Waals surface area contributed by atoms with Crippen molar-refractivity contribution in [2.75, 3.05) is 11.1 Å². The molecule has 0 fully saturated rings. The first-order chi connectivity index (χ1) is 15.0. The molecule has 1 amide bonds. The number of carbonyl (C=O) groups is 1. The van der Waals surface area contributed by atoms with Crippen molar-refractivity contribution in [1.29, 1.82) is 0 Å². The SMILES string of the molecule is Cc1cccc(-c2nnc(SCC(=O)Nc3ccc(F)c(Cl)c3)n2Cc2ccco2)c1. The standard InChI is InChI=1S/C22H18ClFN4O2S/c1-14-4-2-5-15(10-14)21-26-27-22(28(21)12-17-6-3-9-30-17)31-13-20(29)25-16-7-8-19(24)18(23)11-16/h2-11H,12-13H2,1H3,(H,25,29). The number of rotatable bonds is 7. The van der Waals surface area contributed by atoms with Gasteiger partial charge in [0.2, 0.25) is 5.91 Å². The molecule has 0 saturated carbocycles. The van der Waals surface area contributed by atoms with Crippen LogP contribution in [-0.4, -0.2) is 26.4 Å². The van der Waals surface area contributed by atoms with Crippen LogP contribution in [0, 0.1) is 12.7 Å². The summed E-state index contributed by atoms with van der Waals surface area (Å²) in [5.74, 6) is 0.731. The molecule has 0 radical (unpaired) electrons. The zero-order chi connectivity index (χ0) is 21.8. The van der Waals surface area contributed by atoms with Gasteiger partial charge in [-0.15, -0.1) is 10.2 Å². The second-order valence-electron chi connectivity index (χ2n) is 6.81. The molecule has 4 aromatic rings. The summed E-state index contributed by atoms with van der Waals surface area (Å²) in [4.78, 5) is 12.4. The summed E-state index contributed by atoms with van der Waals surface area (Å²) in [5, 5.41) is 11.9. The van der Waals surface area contributed by atoms with Crippen LogP contribution in [0.4, 0.5) is 10.1 Å². The molecule has 1 N–H and O–H groups in total. The average Bonchev–Trinajstić information content (AvgIpc) is 3.40. The molecule has 4 rings (SSSR count). The molecule has 9 heteroatoms. The predicted molar refractivity (Wildman–Crippen MR) is 119 cm³/mol. The van der Waals surface area contributed by atoms with Gasteiger partial charge >= 0.3 is 0 Å². The quantitative estimate of drug-likeness (QED) is 0.376. The second kappa shape index (κ2) is 9.36. The molecule has 2 aromatic heterocycles. The number of nitrogens with one attached hydrogen (secondary N) is 1. The highest BCUT2D eigenvalue weighted by Crippen LogP contribution is 2.26. The maximum Gasteiger partial charge on any atom is 0.234 e. The molecule has 0 bridgehead atoms. The maximum atomic E-state index is 13.3. The first kappa shape index (κ1) is 21.1. The zero-order valence-corrected chi connectivity index (χ0v) is 18.1. The molecule has 2 aromatic carbocycles. The number of nitrogens with zero attached hydrogens (tertiary/aromatic N) is 3. The third kappa shape index (κ3) is 5.15. The maximum absolute atomic E-state index is 13.3. The number of hydrogen-bond acceptors (Lipinski definition) is 5. The number of carbonyl (C=O) groups excluding carboxylic acids is 1. The molecule has 0 aliphatic rings. The molecular formula is C22H18ClFN4O2S. The van der Waals surface area contributed by atoms with Crippen LogP contribution in [0.2, 0.25) is 5.02 Å². The van der Waals surface area contributed by atoms with Crippen molar-refractivity contribution < 1.29 is 13.6 Å². The number of halogens is 2. The monoisotopic (exact) mass is 456 g/mol. The number of aryl methyl sites for hydroxylation is 1. The number of amides is 1. The Balaban J connectivity index is 1.53. The fraction of sp³-hybridized carbons (Fsp3) is 0.136. The lowest BCUT2D eigenvalue weighted by molar-refractivity contribution is -0.113. The largest absolute Gasteiger partial charge is 0.467 e. The Hall–Kier alpha value is -3.10. The fourth-order valence-corrected chi connectivity index (χ4v) is 3.91. The molecular weight excluding hydrogens is 439 g/mol. The van der Waals surface area contributed by atoms with Gasteiger partial charge < -0.3 is 9.73 Å². The third-order valence-corrected chi connectivity index (χ3v) is 5.68. The molecule has 31 heavy (non-hydrogen) atoms. The van der Waals surface area contributed by atoms with E-state index in [1.807, 2.05) is 47.9 Å². The highest BCUT2D eigenvalue weighted by Gasteiger charge is 2.17. The van der Waals surface area contributed by atoms with Crippen molar-refractivity contribution in [1.82, 2.24) is 14.8 Å². The Labute approximate surface area is 187 Å². The Kier molecular flexibility index (Phi) is 6.39. The number of furan rings is 1. The number of aromatic nitrogens is 3. The summed E-state index contributed by atoms with van der Waals surface area (Å²) in [6.07, 6.45) is 1.61. The molecule has 0 aliphatic heterocycles. The van der Waals surface area contributed by atoms with E-state index in [2.05, 4.69) is 15.5 Å². The van der Waals surface area contributed by atoms with Gasteiger partial charge in [-0.05, 0) is 43.3 Å². The summed E-state index contributed by atoms with van der Waals surface area (Å²) in [6, 6.07) is 15.7. The van der Waals surface area contributed by atoms with Gasteiger partial charge in [-0.3, -0.25) is 9.36 Å². The molecule has 2 heterocycles. The van der Waals surface area contributed by atoms with Crippen molar-refractivity contribution in [2.45, 2.75) is 18.6 Å². The summed E-state index contributed by atoms with van der Waals surface area (Å²) in [7, 11) is 0. The molecule has 0 saturated heterocycles.